The van der Waals surface area contributed by atoms with Gasteiger partial charge in [0.2, 0.25) is 22.8 Å². The summed E-state index contributed by atoms with van der Waals surface area (Å²) >= 11 is 1.22. The molecule has 15 nitrogen and oxygen atoms in total. The first-order valence-electron chi connectivity index (χ1n) is 14.7. The Morgan fingerprint density at radius 2 is 1.44 bits per heavy atom. The van der Waals surface area contributed by atoms with Crippen molar-refractivity contribution in [1.82, 2.24) is 10.2 Å². The van der Waals surface area contributed by atoms with Gasteiger partial charge in [-0.25, -0.2) is 0 Å². The first-order chi connectivity index (χ1) is 24.1. The Morgan fingerprint density at radius 3 is 2.06 bits per heavy atom. The molecule has 17 heteroatoms. The molecule has 0 bridgehead atoms. The zero-order valence-corrected chi connectivity index (χ0v) is 29.8. The van der Waals surface area contributed by atoms with E-state index in [0.29, 0.717) is 46.5 Å². The van der Waals surface area contributed by atoms with Crippen LogP contribution in [0.25, 0.3) is 33.7 Å². The van der Waals surface area contributed by atoms with E-state index in [4.69, 9.17) is 42.0 Å². The molecule has 0 aliphatic rings. The van der Waals surface area contributed by atoms with Gasteiger partial charge in [-0.1, -0.05) is 11.8 Å². The number of rotatable bonds is 16. The Bertz CT molecular complexity index is 2140. The van der Waals surface area contributed by atoms with Crippen LogP contribution in [0.2, 0.25) is 0 Å². The molecule has 5 rings (SSSR count). The van der Waals surface area contributed by atoms with E-state index in [1.807, 2.05) is 0 Å². The zero-order valence-electron chi connectivity index (χ0n) is 28.2. The predicted molar refractivity (Wildman–Crippen MR) is 182 cm³/mol. The van der Waals surface area contributed by atoms with E-state index in [-0.39, 0.29) is 56.4 Å². The standard InChI is InChI=1S/C33H34N2O13S2/c1-39-19-9-10-26(50(37,38)45-7)21(15-19)32-34-35-33(48-32)49-12-8-11-46-31-28(36)27-22(41-3)16-20(40-2)17-23(27)47-29(31)18-13-24(42-4)30(44-6)25(14-18)43-5/h9-10,13-17H,8,11-12H2,1-7H3. The van der Waals surface area contributed by atoms with Gasteiger partial charge in [-0.3, -0.25) is 8.98 Å². The van der Waals surface area contributed by atoms with Crippen molar-refractivity contribution in [1.29, 1.82) is 0 Å². The Kier molecular flexibility index (Phi) is 11.3. The Balaban J connectivity index is 1.42. The lowest BCUT2D eigenvalue weighted by Crippen LogP contribution is -2.12. The zero-order chi connectivity index (χ0) is 36.0. The highest BCUT2D eigenvalue weighted by Gasteiger charge is 2.26. The number of hydrogen-bond acceptors (Lipinski definition) is 16. The molecule has 2 heterocycles. The number of aromatic nitrogens is 2. The van der Waals surface area contributed by atoms with Gasteiger partial charge >= 0.3 is 0 Å². The topological polar surface area (TPSA) is 177 Å². The smallest absolute Gasteiger partial charge is 0.297 e. The highest BCUT2D eigenvalue weighted by molar-refractivity contribution is 7.99. The number of nitrogens with zero attached hydrogens (tertiary/aromatic N) is 2. The molecule has 266 valence electrons. The van der Waals surface area contributed by atoms with Crippen LogP contribution in [-0.2, 0) is 14.3 Å². The molecule has 5 aromatic rings. The number of fused-ring (bicyclic) bond motifs is 1. The van der Waals surface area contributed by atoms with Crippen molar-refractivity contribution in [2.75, 3.05) is 62.1 Å². The second kappa shape index (κ2) is 15.6. The van der Waals surface area contributed by atoms with Crippen LogP contribution >= 0.6 is 11.8 Å². The van der Waals surface area contributed by atoms with Gasteiger partial charge in [0.1, 0.15) is 33.1 Å². The molecule has 0 fully saturated rings. The molecule has 3 aromatic carbocycles. The van der Waals surface area contributed by atoms with Gasteiger partial charge in [-0.2, -0.15) is 8.42 Å². The van der Waals surface area contributed by atoms with Crippen molar-refractivity contribution in [3.05, 3.63) is 52.7 Å². The van der Waals surface area contributed by atoms with E-state index in [2.05, 4.69) is 14.4 Å². The van der Waals surface area contributed by atoms with Gasteiger partial charge in [0, 0.05) is 23.4 Å². The summed E-state index contributed by atoms with van der Waals surface area (Å²) in [5.74, 6) is 2.55. The van der Waals surface area contributed by atoms with Gasteiger partial charge in [-0.15, -0.1) is 10.2 Å². The minimum Gasteiger partial charge on any atom is -0.497 e. The number of benzene rings is 3. The van der Waals surface area contributed by atoms with Crippen LogP contribution in [0.3, 0.4) is 0 Å². The molecule has 0 spiro atoms. The van der Waals surface area contributed by atoms with Crippen molar-refractivity contribution in [3.63, 3.8) is 0 Å². The monoisotopic (exact) mass is 730 g/mol. The molecular formula is C33H34N2O13S2. The first-order valence-corrected chi connectivity index (χ1v) is 17.1. The highest BCUT2D eigenvalue weighted by Crippen LogP contribution is 2.44. The summed E-state index contributed by atoms with van der Waals surface area (Å²) in [7, 11) is 5.80. The highest BCUT2D eigenvalue weighted by atomic mass is 32.2. The van der Waals surface area contributed by atoms with Gasteiger partial charge < -0.3 is 42.0 Å². The third-order valence-electron chi connectivity index (χ3n) is 7.35. The van der Waals surface area contributed by atoms with Gasteiger partial charge in [0.25, 0.3) is 15.3 Å². The lowest BCUT2D eigenvalue weighted by Gasteiger charge is -2.16. The third kappa shape index (κ3) is 7.24. The molecule has 0 saturated carbocycles. The first kappa shape index (κ1) is 36.2. The lowest BCUT2D eigenvalue weighted by molar-refractivity contribution is 0.309. The Labute approximate surface area is 291 Å². The summed E-state index contributed by atoms with van der Waals surface area (Å²) in [6.07, 6.45) is 0.427. The van der Waals surface area contributed by atoms with E-state index >= 15 is 0 Å². The molecule has 0 aliphatic carbocycles. The average molecular weight is 731 g/mol. The molecule has 0 N–H and O–H groups in total. The van der Waals surface area contributed by atoms with Crippen molar-refractivity contribution in [3.8, 4) is 63.0 Å². The molecule has 0 radical (unpaired) electrons. The maximum atomic E-state index is 14.0. The molecule has 0 unspecified atom stereocenters. The summed E-state index contributed by atoms with van der Waals surface area (Å²) in [6, 6.07) is 10.7. The molecular weight excluding hydrogens is 696 g/mol. The van der Waals surface area contributed by atoms with Gasteiger partial charge in [0.15, 0.2) is 17.3 Å². The van der Waals surface area contributed by atoms with Gasteiger partial charge in [0.05, 0.1) is 61.9 Å². The van der Waals surface area contributed by atoms with Crippen molar-refractivity contribution in [2.45, 2.75) is 16.5 Å². The number of hydrogen-bond donors (Lipinski definition) is 0. The van der Waals surface area contributed by atoms with E-state index in [1.54, 1.807) is 24.3 Å². The minimum atomic E-state index is -4.08. The largest absolute Gasteiger partial charge is 0.497 e. The molecule has 50 heavy (non-hydrogen) atoms. The molecule has 0 aliphatic heterocycles. The summed E-state index contributed by atoms with van der Waals surface area (Å²) in [5.41, 5.74) is 0.297. The fourth-order valence-corrected chi connectivity index (χ4v) is 6.44. The SMILES string of the molecule is COc1ccc(S(=O)(=O)OC)c(-c2nnc(SCCCOc3c(-c4cc(OC)c(OC)c(OC)c4)oc4cc(OC)cc(OC)c4c3=O)o2)c1. The Hall–Kier alpha value is -5.13. The predicted octanol–water partition coefficient (Wildman–Crippen LogP) is 5.46. The second-order valence-electron chi connectivity index (χ2n) is 10.1. The van der Waals surface area contributed by atoms with Gasteiger partial charge in [-0.05, 0) is 36.8 Å². The summed E-state index contributed by atoms with van der Waals surface area (Å²) in [6.45, 7) is 0.0896. The van der Waals surface area contributed by atoms with Crippen LogP contribution < -0.4 is 38.6 Å². The molecule has 2 aromatic heterocycles. The van der Waals surface area contributed by atoms with Crippen LogP contribution in [-0.4, -0.2) is 80.7 Å². The quantitative estimate of drug-likeness (QED) is 0.0710. The Morgan fingerprint density at radius 1 is 0.740 bits per heavy atom. The number of ether oxygens (including phenoxy) is 7. The van der Waals surface area contributed by atoms with Crippen LogP contribution in [0, 0.1) is 0 Å². The van der Waals surface area contributed by atoms with E-state index in [0.717, 1.165) is 7.11 Å². The van der Waals surface area contributed by atoms with Crippen molar-refractivity contribution >= 4 is 32.8 Å². The third-order valence-corrected chi connectivity index (χ3v) is 9.58. The number of thioether (sulfide) groups is 1. The maximum absolute atomic E-state index is 14.0. The lowest BCUT2D eigenvalue weighted by atomic mass is 10.1. The summed E-state index contributed by atoms with van der Waals surface area (Å²) < 4.78 is 80.5. The van der Waals surface area contributed by atoms with E-state index < -0.39 is 15.5 Å². The van der Waals surface area contributed by atoms with Crippen LogP contribution in [0.4, 0.5) is 0 Å². The fraction of sp³-hybridized carbons (Fsp3) is 0.303. The molecule has 0 saturated heterocycles. The second-order valence-corrected chi connectivity index (χ2v) is 12.8. The normalized spacial score (nSPS) is 11.3. The minimum absolute atomic E-state index is 0.0346. The fourth-order valence-electron chi connectivity index (χ4n) is 4.94. The van der Waals surface area contributed by atoms with E-state index in [1.165, 1.54) is 72.6 Å². The molecule has 0 atom stereocenters. The van der Waals surface area contributed by atoms with Crippen LogP contribution in [0.15, 0.2) is 66.2 Å². The van der Waals surface area contributed by atoms with Crippen molar-refractivity contribution in [2.24, 2.45) is 0 Å². The maximum Gasteiger partial charge on any atom is 0.297 e. The molecule has 0 amide bonds. The van der Waals surface area contributed by atoms with Crippen molar-refractivity contribution < 1.29 is 54.6 Å². The average Bonchev–Trinajstić information content (AvgIpc) is 3.62. The van der Waals surface area contributed by atoms with Crippen LogP contribution in [0.1, 0.15) is 6.42 Å². The van der Waals surface area contributed by atoms with E-state index in [9.17, 15) is 13.2 Å². The number of methoxy groups -OCH3 is 6. The van der Waals surface area contributed by atoms with Crippen LogP contribution in [0.5, 0.6) is 40.2 Å². The summed E-state index contributed by atoms with van der Waals surface area (Å²) in [5, 5.41) is 8.42. The summed E-state index contributed by atoms with van der Waals surface area (Å²) in [4.78, 5) is 13.9.